The zero-order chi connectivity index (χ0) is 13.7. The Kier molecular flexibility index (Phi) is 2.58. The molecule has 4 heteroatoms. The molecule has 0 bridgehead atoms. The molecule has 4 rings (SSSR count). The third-order valence-corrected chi connectivity index (χ3v) is 4.73. The Morgan fingerprint density at radius 3 is 2.90 bits per heavy atom. The highest BCUT2D eigenvalue weighted by atomic mass is 16.5. The van der Waals surface area contributed by atoms with Crippen molar-refractivity contribution in [2.45, 2.75) is 50.7 Å². The van der Waals surface area contributed by atoms with Gasteiger partial charge in [-0.15, -0.1) is 0 Å². The number of nitrogens with zero attached hydrogens (tertiary/aromatic N) is 2. The minimum absolute atomic E-state index is 0.0889. The molecule has 2 heterocycles. The van der Waals surface area contributed by atoms with Gasteiger partial charge in [0.1, 0.15) is 0 Å². The number of anilines is 1. The predicted octanol–water partition coefficient (Wildman–Crippen LogP) is 3.37. The lowest BCUT2D eigenvalue weighted by Gasteiger charge is -2.23. The summed E-state index contributed by atoms with van der Waals surface area (Å²) in [6, 6.07) is 6.12. The summed E-state index contributed by atoms with van der Waals surface area (Å²) in [5, 5.41) is 6.13. The molecule has 1 aliphatic heterocycles. The second-order valence-electron chi connectivity index (χ2n) is 6.45. The van der Waals surface area contributed by atoms with Crippen LogP contribution < -0.4 is 5.73 Å². The Hall–Kier alpha value is -1.55. The zero-order valence-electron chi connectivity index (χ0n) is 11.9. The Bertz CT molecular complexity index is 651. The van der Waals surface area contributed by atoms with Gasteiger partial charge in [0.2, 0.25) is 0 Å². The number of benzene rings is 1. The molecule has 1 atom stereocenters. The summed E-state index contributed by atoms with van der Waals surface area (Å²) in [5.74, 6) is 0. The molecule has 0 spiro atoms. The van der Waals surface area contributed by atoms with E-state index in [-0.39, 0.29) is 11.6 Å². The van der Waals surface area contributed by atoms with Crippen LogP contribution >= 0.6 is 0 Å². The van der Waals surface area contributed by atoms with Crippen molar-refractivity contribution in [1.29, 1.82) is 0 Å². The molecular weight excluding hydrogens is 250 g/mol. The first-order valence-corrected chi connectivity index (χ1v) is 7.57. The fourth-order valence-corrected chi connectivity index (χ4v) is 3.16. The Labute approximate surface area is 118 Å². The van der Waals surface area contributed by atoms with E-state index < -0.39 is 0 Å². The van der Waals surface area contributed by atoms with Crippen LogP contribution in [0.25, 0.3) is 10.9 Å². The van der Waals surface area contributed by atoms with Crippen molar-refractivity contribution in [2.24, 2.45) is 0 Å². The topological polar surface area (TPSA) is 53.1 Å². The summed E-state index contributed by atoms with van der Waals surface area (Å²) in [7, 11) is 0. The van der Waals surface area contributed by atoms with Gasteiger partial charge in [-0.2, -0.15) is 5.10 Å². The van der Waals surface area contributed by atoms with Gasteiger partial charge in [0.25, 0.3) is 0 Å². The van der Waals surface area contributed by atoms with Crippen LogP contribution in [0, 0.1) is 0 Å². The fourth-order valence-electron chi connectivity index (χ4n) is 3.16. The molecule has 2 fully saturated rings. The quantitative estimate of drug-likeness (QED) is 0.852. The third kappa shape index (κ3) is 1.82. The van der Waals surface area contributed by atoms with Crippen LogP contribution in [0.15, 0.2) is 18.2 Å². The summed E-state index contributed by atoms with van der Waals surface area (Å²) in [4.78, 5) is 0. The maximum Gasteiger partial charge on any atom is 0.150 e. The van der Waals surface area contributed by atoms with Crippen LogP contribution in [-0.2, 0) is 10.2 Å². The molecule has 1 aromatic carbocycles. The van der Waals surface area contributed by atoms with Gasteiger partial charge in [0, 0.05) is 23.1 Å². The average Bonchev–Trinajstić information content (AvgIpc) is 3.09. The van der Waals surface area contributed by atoms with E-state index in [9.17, 15) is 0 Å². The smallest absolute Gasteiger partial charge is 0.150 e. The van der Waals surface area contributed by atoms with Crippen molar-refractivity contribution < 1.29 is 4.74 Å². The number of ether oxygens (including phenoxy) is 1. The normalized spacial score (nSPS) is 24.9. The zero-order valence-corrected chi connectivity index (χ0v) is 11.9. The first kappa shape index (κ1) is 12.2. The predicted molar refractivity (Wildman–Crippen MR) is 79.6 cm³/mol. The van der Waals surface area contributed by atoms with Gasteiger partial charge >= 0.3 is 0 Å². The standard InChI is InChI=1S/C16H21N3O/c1-16(7-8-16)15-12-10-11(17)5-6-13(12)19(18-15)14-4-2-3-9-20-14/h5-6,10,14H,2-4,7-9,17H2,1H3. The van der Waals surface area contributed by atoms with Crippen molar-refractivity contribution in [3.63, 3.8) is 0 Å². The fraction of sp³-hybridized carbons (Fsp3) is 0.562. The van der Waals surface area contributed by atoms with Crippen LogP contribution in [0.2, 0.25) is 0 Å². The van der Waals surface area contributed by atoms with Gasteiger partial charge in [-0.1, -0.05) is 6.92 Å². The van der Waals surface area contributed by atoms with E-state index in [2.05, 4.69) is 23.7 Å². The number of fused-ring (bicyclic) bond motifs is 1. The molecule has 106 valence electrons. The molecule has 1 aliphatic carbocycles. The SMILES string of the molecule is CC1(c2nn(C3CCCCO3)c3ccc(N)cc23)CC1. The molecule has 0 radical (unpaired) electrons. The minimum atomic E-state index is 0.0889. The number of hydrogen-bond donors (Lipinski definition) is 1. The number of nitrogen functional groups attached to an aromatic ring is 1. The molecule has 1 saturated carbocycles. The van der Waals surface area contributed by atoms with Crippen molar-refractivity contribution in [1.82, 2.24) is 9.78 Å². The molecule has 20 heavy (non-hydrogen) atoms. The first-order chi connectivity index (χ1) is 9.67. The van der Waals surface area contributed by atoms with Crippen molar-refractivity contribution >= 4 is 16.6 Å². The monoisotopic (exact) mass is 271 g/mol. The van der Waals surface area contributed by atoms with Gasteiger partial charge in [0.15, 0.2) is 6.23 Å². The van der Waals surface area contributed by atoms with Gasteiger partial charge in [-0.3, -0.25) is 0 Å². The second-order valence-corrected chi connectivity index (χ2v) is 6.45. The first-order valence-electron chi connectivity index (χ1n) is 7.57. The lowest BCUT2D eigenvalue weighted by atomic mass is 10.0. The Balaban J connectivity index is 1.88. The molecule has 2 N–H and O–H groups in total. The van der Waals surface area contributed by atoms with Crippen molar-refractivity contribution in [3.05, 3.63) is 23.9 Å². The summed E-state index contributed by atoms with van der Waals surface area (Å²) in [6.07, 6.45) is 5.96. The summed E-state index contributed by atoms with van der Waals surface area (Å²) in [6.45, 7) is 3.14. The van der Waals surface area contributed by atoms with E-state index >= 15 is 0 Å². The molecule has 0 amide bonds. The highest BCUT2D eigenvalue weighted by Gasteiger charge is 2.43. The van der Waals surface area contributed by atoms with Gasteiger partial charge in [-0.25, -0.2) is 4.68 Å². The molecule has 1 saturated heterocycles. The molecular formula is C16H21N3O. The Morgan fingerprint density at radius 2 is 2.20 bits per heavy atom. The van der Waals surface area contributed by atoms with E-state index in [1.807, 2.05) is 6.07 Å². The highest BCUT2D eigenvalue weighted by molar-refractivity contribution is 5.86. The summed E-state index contributed by atoms with van der Waals surface area (Å²) >= 11 is 0. The van der Waals surface area contributed by atoms with Crippen LogP contribution in [-0.4, -0.2) is 16.4 Å². The summed E-state index contributed by atoms with van der Waals surface area (Å²) in [5.41, 5.74) is 9.39. The van der Waals surface area contributed by atoms with E-state index in [0.717, 1.165) is 30.7 Å². The summed E-state index contributed by atoms with van der Waals surface area (Å²) < 4.78 is 8.01. The van der Waals surface area contributed by atoms with Crippen LogP contribution in [0.5, 0.6) is 0 Å². The molecule has 4 nitrogen and oxygen atoms in total. The van der Waals surface area contributed by atoms with Gasteiger partial charge in [-0.05, 0) is 50.3 Å². The number of nitrogens with two attached hydrogens (primary N) is 1. The van der Waals surface area contributed by atoms with Crippen LogP contribution in [0.1, 0.15) is 50.9 Å². The third-order valence-electron chi connectivity index (χ3n) is 4.73. The molecule has 1 unspecified atom stereocenters. The molecule has 1 aromatic heterocycles. The maximum absolute atomic E-state index is 5.98. The molecule has 2 aromatic rings. The number of aromatic nitrogens is 2. The highest BCUT2D eigenvalue weighted by Crippen LogP contribution is 2.49. The van der Waals surface area contributed by atoms with Crippen molar-refractivity contribution in [2.75, 3.05) is 12.3 Å². The van der Waals surface area contributed by atoms with E-state index in [1.165, 1.54) is 30.3 Å². The van der Waals surface area contributed by atoms with Gasteiger partial charge < -0.3 is 10.5 Å². The Morgan fingerprint density at radius 1 is 1.35 bits per heavy atom. The average molecular weight is 271 g/mol. The van der Waals surface area contributed by atoms with E-state index in [1.54, 1.807) is 0 Å². The van der Waals surface area contributed by atoms with Crippen LogP contribution in [0.3, 0.4) is 0 Å². The van der Waals surface area contributed by atoms with E-state index in [0.29, 0.717) is 0 Å². The second kappa shape index (κ2) is 4.22. The number of rotatable bonds is 2. The van der Waals surface area contributed by atoms with E-state index in [4.69, 9.17) is 15.6 Å². The largest absolute Gasteiger partial charge is 0.399 e. The minimum Gasteiger partial charge on any atom is -0.399 e. The van der Waals surface area contributed by atoms with Gasteiger partial charge in [0.05, 0.1) is 11.2 Å². The maximum atomic E-state index is 5.98. The lowest BCUT2D eigenvalue weighted by Crippen LogP contribution is -2.19. The molecule has 2 aliphatic rings. The number of hydrogen-bond acceptors (Lipinski definition) is 3. The van der Waals surface area contributed by atoms with Crippen LogP contribution in [0.4, 0.5) is 5.69 Å². The van der Waals surface area contributed by atoms with Crippen molar-refractivity contribution in [3.8, 4) is 0 Å². The lowest BCUT2D eigenvalue weighted by molar-refractivity contribution is -0.0369.